The predicted octanol–water partition coefficient (Wildman–Crippen LogP) is 2.01. The number of nitrogens with zero attached hydrogens (tertiary/aromatic N) is 4. The van der Waals surface area contributed by atoms with Gasteiger partial charge in [-0.25, -0.2) is 4.98 Å². The van der Waals surface area contributed by atoms with Crippen molar-refractivity contribution < 1.29 is 14.2 Å². The molecule has 3 heterocycles. The highest BCUT2D eigenvalue weighted by atomic mass is 19.1. The number of rotatable bonds is 5. The SMILES string of the molecule is C/C(=C\C(C)Nc1nc(F)nc2c1ncn2C1CCCO1)CO. The largest absolute Gasteiger partial charge is 0.392 e. The molecule has 2 N–H and O–H groups in total. The van der Waals surface area contributed by atoms with E-state index in [1.807, 2.05) is 19.9 Å². The average Bonchev–Trinajstić information content (AvgIpc) is 3.15. The Balaban J connectivity index is 1.94. The Labute approximate surface area is 133 Å². The summed E-state index contributed by atoms with van der Waals surface area (Å²) in [6.07, 6.45) is 4.31. The second-order valence-electron chi connectivity index (χ2n) is 5.74. The van der Waals surface area contributed by atoms with Gasteiger partial charge in [0.05, 0.1) is 12.9 Å². The Bertz CT molecular complexity index is 724. The summed E-state index contributed by atoms with van der Waals surface area (Å²) in [4.78, 5) is 12.0. The second-order valence-corrected chi connectivity index (χ2v) is 5.74. The molecule has 0 aromatic carbocycles. The van der Waals surface area contributed by atoms with Crippen molar-refractivity contribution in [3.8, 4) is 0 Å². The molecule has 0 aliphatic carbocycles. The normalized spacial score (nSPS) is 20.2. The van der Waals surface area contributed by atoms with Gasteiger partial charge in [-0.15, -0.1) is 0 Å². The van der Waals surface area contributed by atoms with E-state index >= 15 is 0 Å². The third-order valence-electron chi connectivity index (χ3n) is 3.76. The fourth-order valence-corrected chi connectivity index (χ4v) is 2.72. The maximum atomic E-state index is 13.8. The van der Waals surface area contributed by atoms with Crippen molar-refractivity contribution in [2.24, 2.45) is 0 Å². The van der Waals surface area contributed by atoms with E-state index in [1.54, 1.807) is 10.9 Å². The van der Waals surface area contributed by atoms with E-state index in [0.29, 0.717) is 23.6 Å². The summed E-state index contributed by atoms with van der Waals surface area (Å²) >= 11 is 0. The van der Waals surface area contributed by atoms with Crippen LogP contribution in [-0.4, -0.2) is 43.9 Å². The van der Waals surface area contributed by atoms with Crippen molar-refractivity contribution in [1.29, 1.82) is 0 Å². The first kappa shape index (κ1) is 15.8. The summed E-state index contributed by atoms with van der Waals surface area (Å²) in [5, 5.41) is 12.2. The molecule has 1 aliphatic heterocycles. The molecule has 3 rings (SSSR count). The van der Waals surface area contributed by atoms with E-state index in [4.69, 9.17) is 9.84 Å². The Morgan fingerprint density at radius 3 is 3.13 bits per heavy atom. The first-order valence-corrected chi connectivity index (χ1v) is 7.65. The lowest BCUT2D eigenvalue weighted by molar-refractivity contribution is 0.0592. The quantitative estimate of drug-likeness (QED) is 0.647. The van der Waals surface area contributed by atoms with Gasteiger partial charge in [0.15, 0.2) is 17.0 Å². The van der Waals surface area contributed by atoms with E-state index < -0.39 is 6.08 Å². The monoisotopic (exact) mass is 321 g/mol. The number of anilines is 1. The highest BCUT2D eigenvalue weighted by molar-refractivity contribution is 5.83. The van der Waals surface area contributed by atoms with Gasteiger partial charge in [-0.3, -0.25) is 4.57 Å². The van der Waals surface area contributed by atoms with Crippen LogP contribution >= 0.6 is 0 Å². The summed E-state index contributed by atoms with van der Waals surface area (Å²) in [6.45, 7) is 4.38. The first-order chi connectivity index (χ1) is 11.1. The van der Waals surface area contributed by atoms with E-state index in [1.165, 1.54) is 0 Å². The number of imidazole rings is 1. The van der Waals surface area contributed by atoms with Crippen LogP contribution < -0.4 is 5.32 Å². The minimum atomic E-state index is -0.810. The van der Waals surface area contributed by atoms with Gasteiger partial charge in [0, 0.05) is 12.6 Å². The summed E-state index contributed by atoms with van der Waals surface area (Å²) in [5.74, 6) is 0.332. The molecule has 0 amide bonds. The van der Waals surface area contributed by atoms with Crippen molar-refractivity contribution in [3.63, 3.8) is 0 Å². The van der Waals surface area contributed by atoms with E-state index in [2.05, 4.69) is 20.3 Å². The number of fused-ring (bicyclic) bond motifs is 1. The number of aromatic nitrogens is 4. The molecule has 7 nitrogen and oxygen atoms in total. The first-order valence-electron chi connectivity index (χ1n) is 7.65. The molecule has 0 radical (unpaired) electrons. The van der Waals surface area contributed by atoms with Gasteiger partial charge in [0.25, 0.3) is 0 Å². The molecule has 2 aromatic heterocycles. The van der Waals surface area contributed by atoms with Crippen LogP contribution in [0.5, 0.6) is 0 Å². The highest BCUT2D eigenvalue weighted by Gasteiger charge is 2.22. The van der Waals surface area contributed by atoms with Crippen molar-refractivity contribution in [2.45, 2.75) is 39.0 Å². The average molecular weight is 321 g/mol. The molecule has 23 heavy (non-hydrogen) atoms. The van der Waals surface area contributed by atoms with Crippen LogP contribution in [-0.2, 0) is 4.74 Å². The molecule has 2 atom stereocenters. The number of halogens is 1. The molecule has 0 bridgehead atoms. The standard InChI is InChI=1S/C15H20FN5O2/c1-9(7-22)6-10(2)18-13-12-14(20-15(16)19-13)21(8-17-12)11-4-3-5-23-11/h6,8,10-11,22H,3-5,7H2,1-2H3,(H,18,19,20)/b9-6+. The van der Waals surface area contributed by atoms with Crippen molar-refractivity contribution in [3.05, 3.63) is 24.1 Å². The lowest BCUT2D eigenvalue weighted by Crippen LogP contribution is -2.16. The molecule has 0 saturated carbocycles. The van der Waals surface area contributed by atoms with E-state index in [9.17, 15) is 4.39 Å². The number of hydrogen-bond acceptors (Lipinski definition) is 6. The molecule has 8 heteroatoms. The zero-order chi connectivity index (χ0) is 16.4. The molecule has 124 valence electrons. The van der Waals surface area contributed by atoms with Crippen LogP contribution in [0.3, 0.4) is 0 Å². The molecule has 0 spiro atoms. The van der Waals surface area contributed by atoms with Gasteiger partial charge in [-0.05, 0) is 26.7 Å². The van der Waals surface area contributed by atoms with Crippen molar-refractivity contribution in [2.75, 3.05) is 18.5 Å². The minimum absolute atomic E-state index is 0.0206. The van der Waals surface area contributed by atoms with Gasteiger partial charge in [-0.1, -0.05) is 11.6 Å². The summed E-state index contributed by atoms with van der Waals surface area (Å²) in [6, 6.07) is -0.132. The maximum Gasteiger partial charge on any atom is 0.312 e. The molecular weight excluding hydrogens is 301 g/mol. The Hall–Kier alpha value is -2.06. The number of hydrogen-bond donors (Lipinski definition) is 2. The fraction of sp³-hybridized carbons (Fsp3) is 0.533. The lowest BCUT2D eigenvalue weighted by Gasteiger charge is -2.13. The third-order valence-corrected chi connectivity index (χ3v) is 3.76. The predicted molar refractivity (Wildman–Crippen MR) is 83.4 cm³/mol. The summed E-state index contributed by atoms with van der Waals surface area (Å²) in [5.41, 5.74) is 1.74. The van der Waals surface area contributed by atoms with Crippen molar-refractivity contribution in [1.82, 2.24) is 19.5 Å². The summed E-state index contributed by atoms with van der Waals surface area (Å²) < 4.78 is 21.2. The second kappa shape index (κ2) is 6.59. The van der Waals surface area contributed by atoms with Crippen LogP contribution in [0.1, 0.15) is 32.9 Å². The minimum Gasteiger partial charge on any atom is -0.392 e. The number of ether oxygens (including phenoxy) is 1. The van der Waals surface area contributed by atoms with Crippen LogP contribution in [0, 0.1) is 6.08 Å². The molecule has 1 fully saturated rings. The van der Waals surface area contributed by atoms with Crippen LogP contribution in [0.2, 0.25) is 0 Å². The zero-order valence-corrected chi connectivity index (χ0v) is 13.2. The Kier molecular flexibility index (Phi) is 4.53. The number of aliphatic hydroxyl groups excluding tert-OH is 1. The zero-order valence-electron chi connectivity index (χ0n) is 13.2. The van der Waals surface area contributed by atoms with Gasteiger partial charge in [0.2, 0.25) is 0 Å². The molecule has 2 aromatic rings. The molecule has 1 saturated heterocycles. The highest BCUT2D eigenvalue weighted by Crippen LogP contribution is 2.28. The smallest absolute Gasteiger partial charge is 0.312 e. The van der Waals surface area contributed by atoms with Crippen LogP contribution in [0.4, 0.5) is 10.2 Å². The van der Waals surface area contributed by atoms with Gasteiger partial charge >= 0.3 is 6.08 Å². The Morgan fingerprint density at radius 2 is 2.43 bits per heavy atom. The van der Waals surface area contributed by atoms with Crippen LogP contribution in [0.15, 0.2) is 18.0 Å². The Morgan fingerprint density at radius 1 is 1.61 bits per heavy atom. The molecular formula is C15H20FN5O2. The number of aliphatic hydroxyl groups is 1. The van der Waals surface area contributed by atoms with E-state index in [0.717, 1.165) is 18.4 Å². The molecule has 1 aliphatic rings. The summed E-state index contributed by atoms with van der Waals surface area (Å²) in [7, 11) is 0. The van der Waals surface area contributed by atoms with Crippen LogP contribution in [0.25, 0.3) is 11.2 Å². The van der Waals surface area contributed by atoms with Gasteiger partial charge in [0.1, 0.15) is 6.23 Å². The fourth-order valence-electron chi connectivity index (χ4n) is 2.72. The van der Waals surface area contributed by atoms with Gasteiger partial charge in [-0.2, -0.15) is 14.4 Å². The molecule has 2 unspecified atom stereocenters. The number of nitrogens with one attached hydrogen (secondary N) is 1. The lowest BCUT2D eigenvalue weighted by atomic mass is 10.2. The topological polar surface area (TPSA) is 85.1 Å². The van der Waals surface area contributed by atoms with Crippen molar-refractivity contribution >= 4 is 17.0 Å². The van der Waals surface area contributed by atoms with Gasteiger partial charge < -0.3 is 15.2 Å². The van der Waals surface area contributed by atoms with E-state index in [-0.39, 0.29) is 18.9 Å². The maximum absolute atomic E-state index is 13.8. The third kappa shape index (κ3) is 3.32.